The molecule has 1 aliphatic rings. The van der Waals surface area contributed by atoms with Crippen LogP contribution in [0.25, 0.3) is 0 Å². The average Bonchev–Trinajstić information content (AvgIpc) is 2.66. The molecule has 0 amide bonds. The quantitative estimate of drug-likeness (QED) is 0.421. The van der Waals surface area contributed by atoms with Crippen LogP contribution in [0.3, 0.4) is 0 Å². The summed E-state index contributed by atoms with van der Waals surface area (Å²) < 4.78 is 21.8. The molecular formula is C20H25INO3P. The van der Waals surface area contributed by atoms with Gasteiger partial charge in [0.05, 0.1) is 16.8 Å². The highest BCUT2D eigenvalue weighted by atomic mass is 127. The molecule has 3 rings (SSSR count). The molecule has 0 spiro atoms. The lowest BCUT2D eigenvalue weighted by molar-refractivity contribution is -0.0625. The lowest BCUT2D eigenvalue weighted by atomic mass is 10.0. The first-order valence-corrected chi connectivity index (χ1v) is 10.5. The van der Waals surface area contributed by atoms with Crippen molar-refractivity contribution in [3.63, 3.8) is 0 Å². The molecule has 1 saturated heterocycles. The number of rotatable bonds is 7. The van der Waals surface area contributed by atoms with Gasteiger partial charge in [0.1, 0.15) is 6.10 Å². The van der Waals surface area contributed by atoms with Crippen LogP contribution >= 0.6 is 32.0 Å². The number of para-hydroxylation sites is 1. The van der Waals surface area contributed by atoms with Crippen molar-refractivity contribution >= 4 is 32.0 Å². The van der Waals surface area contributed by atoms with Gasteiger partial charge in [0.25, 0.3) is 0 Å². The van der Waals surface area contributed by atoms with Gasteiger partial charge in [-0.1, -0.05) is 52.7 Å². The Labute approximate surface area is 171 Å². The minimum atomic E-state index is -0.193. The number of benzene rings is 2. The van der Waals surface area contributed by atoms with Crippen LogP contribution in [-0.2, 0) is 4.74 Å². The van der Waals surface area contributed by atoms with Gasteiger partial charge >= 0.3 is 0 Å². The third-order valence-corrected chi connectivity index (χ3v) is 5.54. The van der Waals surface area contributed by atoms with Crippen molar-refractivity contribution in [1.82, 2.24) is 4.67 Å². The normalized spacial score (nSPS) is 19.1. The molecule has 2 aromatic carbocycles. The Kier molecular flexibility index (Phi) is 7.55. The number of halogens is 1. The third kappa shape index (κ3) is 5.10. The lowest BCUT2D eigenvalue weighted by Crippen LogP contribution is -2.42. The van der Waals surface area contributed by atoms with Crippen LogP contribution in [0.5, 0.6) is 11.5 Å². The fraction of sp³-hybridized carbons (Fsp3) is 0.400. The first-order valence-electron chi connectivity index (χ1n) is 8.93. The maximum absolute atomic E-state index is 6.51. The molecule has 6 heteroatoms. The molecule has 1 aliphatic heterocycles. The second-order valence-corrected chi connectivity index (χ2v) is 8.16. The van der Waals surface area contributed by atoms with E-state index in [0.717, 1.165) is 40.1 Å². The van der Waals surface area contributed by atoms with E-state index >= 15 is 0 Å². The van der Waals surface area contributed by atoms with Crippen LogP contribution in [0.2, 0.25) is 0 Å². The van der Waals surface area contributed by atoms with E-state index in [-0.39, 0.29) is 12.2 Å². The highest BCUT2D eigenvalue weighted by Crippen LogP contribution is 2.37. The summed E-state index contributed by atoms with van der Waals surface area (Å²) in [6, 6.07) is 16.3. The summed E-state index contributed by atoms with van der Waals surface area (Å²) in [5, 5.41) is 0. The van der Waals surface area contributed by atoms with Gasteiger partial charge in [-0.05, 0) is 46.7 Å². The molecule has 4 nitrogen and oxygen atoms in total. The zero-order chi connectivity index (χ0) is 18.4. The van der Waals surface area contributed by atoms with Gasteiger partial charge in [0.15, 0.2) is 17.6 Å². The van der Waals surface area contributed by atoms with Gasteiger partial charge in [-0.15, -0.1) is 0 Å². The van der Waals surface area contributed by atoms with E-state index in [1.807, 2.05) is 36.4 Å². The van der Waals surface area contributed by atoms with Crippen molar-refractivity contribution in [2.45, 2.75) is 25.6 Å². The van der Waals surface area contributed by atoms with Crippen LogP contribution in [-0.4, -0.2) is 37.1 Å². The Morgan fingerprint density at radius 2 is 2.04 bits per heavy atom. The van der Waals surface area contributed by atoms with Crippen molar-refractivity contribution in [3.05, 3.63) is 57.7 Å². The topological polar surface area (TPSA) is 30.9 Å². The molecule has 3 atom stereocenters. The largest absolute Gasteiger partial charge is 0.489 e. The Balaban J connectivity index is 1.90. The maximum atomic E-state index is 6.51. The summed E-state index contributed by atoms with van der Waals surface area (Å²) in [6.45, 7) is 5.20. The fourth-order valence-corrected chi connectivity index (χ4v) is 3.89. The van der Waals surface area contributed by atoms with Gasteiger partial charge < -0.3 is 14.2 Å². The van der Waals surface area contributed by atoms with Crippen molar-refractivity contribution in [2.24, 2.45) is 0 Å². The smallest absolute Gasteiger partial charge is 0.174 e. The van der Waals surface area contributed by atoms with E-state index in [9.17, 15) is 0 Å². The van der Waals surface area contributed by atoms with E-state index in [1.54, 1.807) is 0 Å². The minimum Gasteiger partial charge on any atom is -0.489 e. The zero-order valence-corrected chi connectivity index (χ0v) is 18.2. The van der Waals surface area contributed by atoms with Crippen LogP contribution < -0.4 is 9.47 Å². The van der Waals surface area contributed by atoms with E-state index < -0.39 is 0 Å². The van der Waals surface area contributed by atoms with Crippen LogP contribution in [0.15, 0.2) is 48.5 Å². The fourth-order valence-electron chi connectivity index (χ4n) is 2.94. The van der Waals surface area contributed by atoms with Crippen molar-refractivity contribution < 1.29 is 14.2 Å². The van der Waals surface area contributed by atoms with Crippen molar-refractivity contribution in [3.8, 4) is 11.5 Å². The maximum Gasteiger partial charge on any atom is 0.174 e. The van der Waals surface area contributed by atoms with Gasteiger partial charge in [0.2, 0.25) is 0 Å². The number of ether oxygens (including phenoxy) is 3. The summed E-state index contributed by atoms with van der Waals surface area (Å²) in [5.74, 6) is 1.58. The van der Waals surface area contributed by atoms with Crippen molar-refractivity contribution in [1.29, 1.82) is 0 Å². The minimum absolute atomic E-state index is 0.0412. The predicted molar refractivity (Wildman–Crippen MR) is 116 cm³/mol. The summed E-state index contributed by atoms with van der Waals surface area (Å²) in [4.78, 5) is 0. The lowest BCUT2D eigenvalue weighted by Gasteiger charge is -2.35. The molecule has 0 aliphatic carbocycles. The second-order valence-electron chi connectivity index (χ2n) is 6.27. The summed E-state index contributed by atoms with van der Waals surface area (Å²) in [7, 11) is 2.77. The molecule has 26 heavy (non-hydrogen) atoms. The zero-order valence-electron chi connectivity index (χ0n) is 14.9. The number of hydrogen-bond donors (Lipinski definition) is 0. The molecule has 2 unspecified atom stereocenters. The van der Waals surface area contributed by atoms with E-state index in [2.05, 4.69) is 55.7 Å². The van der Waals surface area contributed by atoms with Crippen LogP contribution in [0.1, 0.15) is 25.0 Å². The van der Waals surface area contributed by atoms with E-state index in [0.29, 0.717) is 13.2 Å². The summed E-state index contributed by atoms with van der Waals surface area (Å²) >= 11 is 2.30. The molecule has 0 bridgehead atoms. The molecule has 1 heterocycles. The summed E-state index contributed by atoms with van der Waals surface area (Å²) in [6.07, 6.45) is 0.725. The van der Waals surface area contributed by atoms with Gasteiger partial charge in [-0.3, -0.25) is 4.67 Å². The standard InChI is InChI=1S/C20H25INO3P/c1-2-12-24-20-16(21)9-6-10-17(20)25-19(15-7-4-3-5-8-15)18-14-22(26)11-13-23-18/h3-10,18-19H,2,11-14,26H2,1H3/t18?,19-/m0/s1. The Morgan fingerprint density at radius 3 is 2.77 bits per heavy atom. The van der Waals surface area contributed by atoms with Gasteiger partial charge in [-0.2, -0.15) is 0 Å². The Bertz CT molecular complexity index is 701. The highest BCUT2D eigenvalue weighted by molar-refractivity contribution is 14.1. The van der Waals surface area contributed by atoms with Gasteiger partial charge in [0, 0.05) is 13.1 Å². The Hall–Kier alpha value is -0.880. The molecule has 0 radical (unpaired) electrons. The third-order valence-electron chi connectivity index (χ3n) is 4.23. The molecular weight excluding hydrogens is 460 g/mol. The second kappa shape index (κ2) is 9.88. The number of morpholine rings is 1. The first kappa shape index (κ1) is 19.9. The average molecular weight is 485 g/mol. The number of hydrogen-bond acceptors (Lipinski definition) is 4. The van der Waals surface area contributed by atoms with E-state index in [4.69, 9.17) is 14.2 Å². The molecule has 140 valence electrons. The number of nitrogens with zero attached hydrogens (tertiary/aromatic N) is 1. The monoisotopic (exact) mass is 485 g/mol. The van der Waals surface area contributed by atoms with Crippen LogP contribution in [0, 0.1) is 3.57 Å². The SMILES string of the molecule is CCCOc1c(I)cccc1O[C@@H](c1ccccc1)C1CN(P)CCO1. The molecule has 0 aromatic heterocycles. The van der Waals surface area contributed by atoms with E-state index in [1.165, 1.54) is 0 Å². The molecule has 1 fully saturated rings. The van der Waals surface area contributed by atoms with Crippen LogP contribution in [0.4, 0.5) is 0 Å². The predicted octanol–water partition coefficient (Wildman–Crippen LogP) is 4.69. The van der Waals surface area contributed by atoms with Gasteiger partial charge in [-0.25, -0.2) is 0 Å². The molecule has 0 saturated carbocycles. The molecule has 2 aromatic rings. The molecule has 0 N–H and O–H groups in total. The van der Waals surface area contributed by atoms with Crippen molar-refractivity contribution in [2.75, 3.05) is 26.3 Å². The summed E-state index contributed by atoms with van der Waals surface area (Å²) in [5.41, 5.74) is 1.11. The first-order chi connectivity index (χ1) is 12.7. The Morgan fingerprint density at radius 1 is 1.23 bits per heavy atom. The highest BCUT2D eigenvalue weighted by Gasteiger charge is 2.31.